The molecule has 0 spiro atoms. The maximum atomic E-state index is 11.6. The summed E-state index contributed by atoms with van der Waals surface area (Å²) in [7, 11) is -3.31. The lowest BCUT2D eigenvalue weighted by Crippen LogP contribution is -2.22. The number of nitrogens with one attached hydrogen (secondary N) is 1. The highest BCUT2D eigenvalue weighted by molar-refractivity contribution is 7.99. The molecule has 14 heavy (non-hydrogen) atoms. The summed E-state index contributed by atoms with van der Waals surface area (Å²) in [6.07, 6.45) is 1.84. The molecule has 1 rings (SSSR count). The zero-order valence-electron chi connectivity index (χ0n) is 8.15. The largest absolute Gasteiger partial charge is 0.241 e. The second-order valence-electron chi connectivity index (χ2n) is 2.89. The van der Waals surface area contributed by atoms with Gasteiger partial charge in [0.05, 0.1) is 10.8 Å². The summed E-state index contributed by atoms with van der Waals surface area (Å²) in [6.45, 7) is 1.92. The lowest BCUT2D eigenvalue weighted by atomic mass is 10.2. The van der Waals surface area contributed by atoms with E-state index in [0.717, 1.165) is 5.56 Å². The van der Waals surface area contributed by atoms with Crippen molar-refractivity contribution in [3.05, 3.63) is 29.8 Å². The van der Waals surface area contributed by atoms with Crippen molar-refractivity contribution in [2.24, 2.45) is 0 Å². The molecule has 0 aliphatic heterocycles. The summed E-state index contributed by atoms with van der Waals surface area (Å²) < 4.78 is 25.6. The van der Waals surface area contributed by atoms with Crippen LogP contribution in [0, 0.1) is 6.92 Å². The predicted octanol–water partition coefficient (Wildman–Crippen LogP) is 1.59. The van der Waals surface area contributed by atoms with Gasteiger partial charge in [-0.1, -0.05) is 17.7 Å². The first kappa shape index (κ1) is 11.6. The molecule has 0 radical (unpaired) electrons. The smallest absolute Gasteiger partial charge is 0.207 e. The second-order valence-corrected chi connectivity index (χ2v) is 5.53. The number of sulfonamides is 1. The molecule has 0 aliphatic rings. The van der Waals surface area contributed by atoms with Gasteiger partial charge in [0.15, 0.2) is 0 Å². The molecule has 1 aromatic rings. The Bertz CT molecular complexity index is 384. The molecule has 3 nitrogen and oxygen atoms in total. The fraction of sp³-hybridized carbons (Fsp3) is 0.333. The van der Waals surface area contributed by atoms with Gasteiger partial charge in [0, 0.05) is 0 Å². The van der Waals surface area contributed by atoms with E-state index >= 15 is 0 Å². The molecule has 1 aromatic carbocycles. The van der Waals surface area contributed by atoms with Gasteiger partial charge in [-0.3, -0.25) is 0 Å². The molecule has 78 valence electrons. The first-order valence-electron chi connectivity index (χ1n) is 4.11. The van der Waals surface area contributed by atoms with Crippen molar-refractivity contribution in [1.29, 1.82) is 0 Å². The van der Waals surface area contributed by atoms with Crippen LogP contribution in [0.4, 0.5) is 0 Å². The van der Waals surface area contributed by atoms with Crippen molar-refractivity contribution in [2.75, 3.05) is 12.1 Å². The van der Waals surface area contributed by atoms with Gasteiger partial charge in [0.25, 0.3) is 0 Å². The van der Waals surface area contributed by atoms with E-state index in [-0.39, 0.29) is 0 Å². The SMILES string of the molecule is CSCNS(=O)(=O)c1ccc(C)cc1. The van der Waals surface area contributed by atoms with Gasteiger partial charge in [-0.25, -0.2) is 13.1 Å². The van der Waals surface area contributed by atoms with E-state index in [4.69, 9.17) is 0 Å². The molecule has 0 unspecified atom stereocenters. The average molecular weight is 231 g/mol. The van der Waals surface area contributed by atoms with Crippen LogP contribution in [0.1, 0.15) is 5.56 Å². The lowest BCUT2D eigenvalue weighted by molar-refractivity contribution is 0.587. The van der Waals surface area contributed by atoms with Gasteiger partial charge in [0.2, 0.25) is 10.0 Å². The molecule has 0 saturated carbocycles. The van der Waals surface area contributed by atoms with Crippen molar-refractivity contribution in [3.63, 3.8) is 0 Å². The van der Waals surface area contributed by atoms with E-state index in [0.29, 0.717) is 10.8 Å². The third-order valence-corrected chi connectivity index (χ3v) is 3.76. The van der Waals surface area contributed by atoms with Crippen molar-refractivity contribution in [1.82, 2.24) is 4.72 Å². The third kappa shape index (κ3) is 3.01. The molecular weight excluding hydrogens is 218 g/mol. The van der Waals surface area contributed by atoms with Gasteiger partial charge in [-0.2, -0.15) is 0 Å². The maximum absolute atomic E-state index is 11.6. The van der Waals surface area contributed by atoms with Crippen molar-refractivity contribution >= 4 is 21.8 Å². The van der Waals surface area contributed by atoms with Crippen LogP contribution < -0.4 is 4.72 Å². The number of aryl methyl sites for hydroxylation is 1. The van der Waals surface area contributed by atoms with E-state index in [1.54, 1.807) is 24.3 Å². The molecule has 1 N–H and O–H groups in total. The summed E-state index contributed by atoms with van der Waals surface area (Å²) in [6, 6.07) is 6.79. The molecule has 0 atom stereocenters. The highest BCUT2D eigenvalue weighted by Gasteiger charge is 2.11. The average Bonchev–Trinajstić information content (AvgIpc) is 2.16. The molecule has 0 fully saturated rings. The Kier molecular flexibility index (Phi) is 3.97. The Morgan fingerprint density at radius 3 is 2.36 bits per heavy atom. The van der Waals surface area contributed by atoms with Crippen LogP contribution in [0.15, 0.2) is 29.2 Å². The summed E-state index contributed by atoms with van der Waals surface area (Å²) in [5.74, 6) is 0.399. The lowest BCUT2D eigenvalue weighted by Gasteiger charge is -2.04. The molecule has 0 amide bonds. The highest BCUT2D eigenvalue weighted by atomic mass is 32.2. The number of hydrogen-bond acceptors (Lipinski definition) is 3. The first-order chi connectivity index (χ1) is 6.56. The highest BCUT2D eigenvalue weighted by Crippen LogP contribution is 2.09. The third-order valence-electron chi connectivity index (χ3n) is 1.72. The van der Waals surface area contributed by atoms with Gasteiger partial charge in [-0.05, 0) is 25.3 Å². The first-order valence-corrected chi connectivity index (χ1v) is 6.99. The van der Waals surface area contributed by atoms with Gasteiger partial charge < -0.3 is 0 Å². The molecule has 0 aliphatic carbocycles. The van der Waals surface area contributed by atoms with Crippen molar-refractivity contribution < 1.29 is 8.42 Å². The van der Waals surface area contributed by atoms with E-state index in [1.165, 1.54) is 11.8 Å². The zero-order valence-corrected chi connectivity index (χ0v) is 9.78. The van der Waals surface area contributed by atoms with Crippen LogP contribution >= 0.6 is 11.8 Å². The summed E-state index contributed by atoms with van der Waals surface area (Å²) in [4.78, 5) is 0.317. The maximum Gasteiger partial charge on any atom is 0.241 e. The molecule has 0 bridgehead atoms. The molecule has 5 heteroatoms. The quantitative estimate of drug-likeness (QED) is 0.801. The predicted molar refractivity (Wildman–Crippen MR) is 59.9 cm³/mol. The van der Waals surface area contributed by atoms with Crippen LogP contribution in [-0.4, -0.2) is 20.6 Å². The summed E-state index contributed by atoms with van der Waals surface area (Å²) in [5, 5.41) is 0. The minimum Gasteiger partial charge on any atom is -0.207 e. The van der Waals surface area contributed by atoms with E-state index in [1.807, 2.05) is 13.2 Å². The Labute approximate surface area is 89.0 Å². The Hall–Kier alpha value is -0.520. The second kappa shape index (κ2) is 4.82. The van der Waals surface area contributed by atoms with Crippen LogP contribution in [0.5, 0.6) is 0 Å². The standard InChI is InChI=1S/C9H13NO2S2/c1-8-3-5-9(6-4-8)14(11,12)10-7-13-2/h3-6,10H,7H2,1-2H3. The molecular formula is C9H13NO2S2. The fourth-order valence-corrected chi connectivity index (χ4v) is 2.69. The van der Waals surface area contributed by atoms with Gasteiger partial charge in [0.1, 0.15) is 0 Å². The molecule has 0 saturated heterocycles. The van der Waals surface area contributed by atoms with Crippen molar-refractivity contribution in [2.45, 2.75) is 11.8 Å². The van der Waals surface area contributed by atoms with Crippen LogP contribution in [-0.2, 0) is 10.0 Å². The molecule has 0 heterocycles. The number of thioether (sulfide) groups is 1. The van der Waals surface area contributed by atoms with E-state index in [9.17, 15) is 8.42 Å². The monoisotopic (exact) mass is 231 g/mol. The fourth-order valence-electron chi connectivity index (χ4n) is 0.937. The molecule has 0 aromatic heterocycles. The van der Waals surface area contributed by atoms with E-state index < -0.39 is 10.0 Å². The van der Waals surface area contributed by atoms with Gasteiger partial charge >= 0.3 is 0 Å². The van der Waals surface area contributed by atoms with Crippen molar-refractivity contribution in [3.8, 4) is 0 Å². The number of benzene rings is 1. The Balaban J connectivity index is 2.87. The van der Waals surface area contributed by atoms with Crippen LogP contribution in [0.25, 0.3) is 0 Å². The van der Waals surface area contributed by atoms with Crippen LogP contribution in [0.3, 0.4) is 0 Å². The van der Waals surface area contributed by atoms with E-state index in [2.05, 4.69) is 4.72 Å². The van der Waals surface area contributed by atoms with Gasteiger partial charge in [-0.15, -0.1) is 11.8 Å². The number of hydrogen-bond donors (Lipinski definition) is 1. The Morgan fingerprint density at radius 1 is 1.29 bits per heavy atom. The minimum absolute atomic E-state index is 0.317. The number of rotatable bonds is 4. The topological polar surface area (TPSA) is 46.2 Å². The normalized spacial score (nSPS) is 11.6. The Morgan fingerprint density at radius 2 is 1.86 bits per heavy atom. The summed E-state index contributed by atoms with van der Waals surface area (Å²) >= 11 is 1.44. The van der Waals surface area contributed by atoms with Crippen LogP contribution in [0.2, 0.25) is 0 Å². The summed E-state index contributed by atoms with van der Waals surface area (Å²) in [5.41, 5.74) is 1.05. The zero-order chi connectivity index (χ0) is 10.6. The minimum atomic E-state index is -3.31.